The Morgan fingerprint density at radius 1 is 1.12 bits per heavy atom. The van der Waals surface area contributed by atoms with Gasteiger partial charge in [-0.05, 0) is 18.1 Å². The zero-order valence-electron chi connectivity index (χ0n) is 18.2. The molecule has 0 bridgehead atoms. The number of carbonyl (C=O) groups is 3. The summed E-state index contributed by atoms with van der Waals surface area (Å²) in [5, 5.41) is 17.4. The van der Waals surface area contributed by atoms with E-state index in [1.807, 2.05) is 13.8 Å². The highest BCUT2D eigenvalue weighted by Crippen LogP contribution is 2.55. The van der Waals surface area contributed by atoms with Crippen LogP contribution in [0.15, 0.2) is 42.5 Å². The van der Waals surface area contributed by atoms with Crippen LogP contribution < -0.4 is 20.3 Å². The molecule has 2 aromatic carbocycles. The number of rotatable bonds is 4. The lowest BCUT2D eigenvalue weighted by Gasteiger charge is -2.30. The molecular formula is C23H22N4O6. The molecule has 0 saturated carbocycles. The van der Waals surface area contributed by atoms with Crippen molar-refractivity contribution in [2.75, 3.05) is 17.3 Å². The monoisotopic (exact) mass is 450 g/mol. The summed E-state index contributed by atoms with van der Waals surface area (Å²) in [4.78, 5) is 52.5. The highest BCUT2D eigenvalue weighted by Gasteiger charge is 2.71. The van der Waals surface area contributed by atoms with E-state index in [1.54, 1.807) is 24.3 Å². The Morgan fingerprint density at radius 2 is 1.85 bits per heavy atom. The van der Waals surface area contributed by atoms with Gasteiger partial charge in [0.25, 0.3) is 5.69 Å². The second-order valence-electron chi connectivity index (χ2n) is 8.85. The fourth-order valence-corrected chi connectivity index (χ4v) is 5.47. The van der Waals surface area contributed by atoms with Crippen LogP contribution in [0.4, 0.5) is 17.1 Å². The van der Waals surface area contributed by atoms with Crippen LogP contribution >= 0.6 is 0 Å². The average Bonchev–Trinajstić information content (AvgIpc) is 3.38. The molecular weight excluding hydrogens is 428 g/mol. The highest BCUT2D eigenvalue weighted by molar-refractivity contribution is 6.26. The number of hydrogen-bond acceptors (Lipinski definition) is 7. The molecule has 0 radical (unpaired) electrons. The Bertz CT molecular complexity index is 1230. The van der Waals surface area contributed by atoms with Gasteiger partial charge in [-0.25, -0.2) is 4.90 Å². The molecule has 33 heavy (non-hydrogen) atoms. The molecule has 3 amide bonds. The van der Waals surface area contributed by atoms with Crippen LogP contribution in [0.3, 0.4) is 0 Å². The Kier molecular flexibility index (Phi) is 4.54. The van der Waals surface area contributed by atoms with E-state index >= 15 is 0 Å². The summed E-state index contributed by atoms with van der Waals surface area (Å²) in [5.41, 5.74) is -0.253. The molecule has 10 nitrogen and oxygen atoms in total. The molecule has 10 heteroatoms. The maximum atomic E-state index is 13.9. The van der Waals surface area contributed by atoms with Crippen LogP contribution in [0, 0.1) is 27.9 Å². The molecule has 3 aliphatic rings. The predicted octanol–water partition coefficient (Wildman–Crippen LogP) is 2.18. The number of ether oxygens (including phenoxy) is 1. The number of nitrogens with one attached hydrogen (secondary N) is 2. The van der Waals surface area contributed by atoms with Gasteiger partial charge in [-0.2, -0.15) is 0 Å². The van der Waals surface area contributed by atoms with E-state index in [-0.39, 0.29) is 28.9 Å². The first-order valence-electron chi connectivity index (χ1n) is 10.6. The number of non-ortho nitro benzene ring substituents is 1. The SMILES string of the molecule is COc1cc([N+](=O)[O-])ccc1N1C(=O)[C@H]2[C@@H](C(C)C)N[C@]3(C(=O)Nc4ccccc43)[C@@H]2C1=O. The summed E-state index contributed by atoms with van der Waals surface area (Å²) in [7, 11) is 1.31. The third kappa shape index (κ3) is 2.67. The van der Waals surface area contributed by atoms with Crippen molar-refractivity contribution in [1.82, 2.24) is 5.32 Å². The number of carbonyl (C=O) groups excluding carboxylic acids is 3. The molecule has 2 fully saturated rings. The minimum Gasteiger partial charge on any atom is -0.494 e. The number of fused-ring (bicyclic) bond motifs is 4. The molecule has 3 heterocycles. The van der Waals surface area contributed by atoms with E-state index in [0.29, 0.717) is 11.3 Å². The lowest BCUT2D eigenvalue weighted by atomic mass is 9.76. The molecule has 3 aliphatic heterocycles. The summed E-state index contributed by atoms with van der Waals surface area (Å²) in [5.74, 6) is -3.15. The summed E-state index contributed by atoms with van der Waals surface area (Å²) < 4.78 is 5.29. The number of anilines is 2. The highest BCUT2D eigenvalue weighted by atomic mass is 16.6. The second kappa shape index (κ2) is 7.11. The molecule has 0 aliphatic carbocycles. The van der Waals surface area contributed by atoms with Crippen LogP contribution in [-0.4, -0.2) is 35.8 Å². The molecule has 1 spiro atoms. The van der Waals surface area contributed by atoms with Crippen LogP contribution in [-0.2, 0) is 19.9 Å². The van der Waals surface area contributed by atoms with E-state index in [9.17, 15) is 24.5 Å². The summed E-state index contributed by atoms with van der Waals surface area (Å²) >= 11 is 0. The van der Waals surface area contributed by atoms with Crippen molar-refractivity contribution in [3.05, 3.63) is 58.1 Å². The Balaban J connectivity index is 1.67. The van der Waals surface area contributed by atoms with Crippen molar-refractivity contribution in [2.24, 2.45) is 17.8 Å². The third-order valence-electron chi connectivity index (χ3n) is 6.89. The largest absolute Gasteiger partial charge is 0.494 e. The number of nitro groups is 1. The van der Waals surface area contributed by atoms with Gasteiger partial charge in [0.15, 0.2) is 0 Å². The average molecular weight is 450 g/mol. The lowest BCUT2D eigenvalue weighted by Crippen LogP contribution is -2.54. The number of amides is 3. The maximum absolute atomic E-state index is 13.9. The topological polar surface area (TPSA) is 131 Å². The molecule has 5 rings (SSSR count). The van der Waals surface area contributed by atoms with Gasteiger partial charge in [-0.15, -0.1) is 0 Å². The van der Waals surface area contributed by atoms with Crippen molar-refractivity contribution in [3.8, 4) is 5.75 Å². The number of nitrogens with zero attached hydrogens (tertiary/aromatic N) is 2. The van der Waals surface area contributed by atoms with Gasteiger partial charge in [0.2, 0.25) is 17.7 Å². The van der Waals surface area contributed by atoms with Gasteiger partial charge in [0.05, 0.1) is 35.6 Å². The molecule has 170 valence electrons. The van der Waals surface area contributed by atoms with Gasteiger partial charge in [0.1, 0.15) is 11.3 Å². The quantitative estimate of drug-likeness (QED) is 0.415. The maximum Gasteiger partial charge on any atom is 0.273 e. The summed E-state index contributed by atoms with van der Waals surface area (Å²) in [6, 6.07) is 10.4. The first-order valence-corrected chi connectivity index (χ1v) is 10.6. The standard InChI is InChI=1S/C23H22N4O6/c1-11(2)19-17-18(23(25-19)13-6-4-5-7-14(13)24-22(23)30)21(29)26(20(17)28)15-9-8-12(27(31)32)10-16(15)33-3/h4-11,17-19,25H,1-3H3,(H,24,30)/t17-,18+,19-,23+/m1/s1. The summed E-state index contributed by atoms with van der Waals surface area (Å²) in [6.07, 6.45) is 0. The van der Waals surface area contributed by atoms with Gasteiger partial charge >= 0.3 is 0 Å². The van der Waals surface area contributed by atoms with Crippen molar-refractivity contribution < 1.29 is 24.0 Å². The van der Waals surface area contributed by atoms with Crippen molar-refractivity contribution in [3.63, 3.8) is 0 Å². The Labute approximate surface area is 189 Å². The number of hydrogen-bond donors (Lipinski definition) is 2. The van der Waals surface area contributed by atoms with E-state index in [2.05, 4.69) is 10.6 Å². The van der Waals surface area contributed by atoms with Crippen LogP contribution in [0.25, 0.3) is 0 Å². The first kappa shape index (κ1) is 21.1. The van der Waals surface area contributed by atoms with E-state index in [4.69, 9.17) is 4.74 Å². The van der Waals surface area contributed by atoms with Crippen LogP contribution in [0.5, 0.6) is 5.75 Å². The zero-order valence-corrected chi connectivity index (χ0v) is 18.2. The normalized spacial score (nSPS) is 27.8. The minimum absolute atomic E-state index is 0.0326. The third-order valence-corrected chi connectivity index (χ3v) is 6.89. The van der Waals surface area contributed by atoms with Crippen LogP contribution in [0.2, 0.25) is 0 Å². The summed E-state index contributed by atoms with van der Waals surface area (Å²) in [6.45, 7) is 3.86. The number of imide groups is 1. The Hall–Kier alpha value is -3.79. The van der Waals surface area contributed by atoms with E-state index in [1.165, 1.54) is 25.3 Å². The molecule has 2 aromatic rings. The van der Waals surface area contributed by atoms with Crippen molar-refractivity contribution in [1.29, 1.82) is 0 Å². The smallest absolute Gasteiger partial charge is 0.273 e. The fourth-order valence-electron chi connectivity index (χ4n) is 5.47. The fraction of sp³-hybridized carbons (Fsp3) is 0.348. The van der Waals surface area contributed by atoms with Crippen LogP contribution in [0.1, 0.15) is 19.4 Å². The van der Waals surface area contributed by atoms with E-state index < -0.39 is 40.2 Å². The number of nitro benzene ring substituents is 1. The molecule has 2 N–H and O–H groups in total. The number of benzene rings is 2. The Morgan fingerprint density at radius 3 is 2.52 bits per heavy atom. The number of methoxy groups -OCH3 is 1. The zero-order chi connectivity index (χ0) is 23.7. The van der Waals surface area contributed by atoms with Gasteiger partial charge in [0, 0.05) is 23.4 Å². The second-order valence-corrected chi connectivity index (χ2v) is 8.85. The molecule has 0 unspecified atom stereocenters. The van der Waals surface area contributed by atoms with Gasteiger partial charge in [-0.3, -0.25) is 29.8 Å². The van der Waals surface area contributed by atoms with Crippen molar-refractivity contribution >= 4 is 34.8 Å². The molecule has 4 atom stereocenters. The molecule has 0 aromatic heterocycles. The van der Waals surface area contributed by atoms with Crippen molar-refractivity contribution in [2.45, 2.75) is 25.4 Å². The molecule has 2 saturated heterocycles. The van der Waals surface area contributed by atoms with Gasteiger partial charge < -0.3 is 10.1 Å². The predicted molar refractivity (Wildman–Crippen MR) is 118 cm³/mol. The van der Waals surface area contributed by atoms with E-state index in [0.717, 1.165) is 4.90 Å². The van der Waals surface area contributed by atoms with Gasteiger partial charge in [-0.1, -0.05) is 32.0 Å². The minimum atomic E-state index is -1.38. The number of para-hydroxylation sites is 1. The first-order chi connectivity index (χ1) is 15.7. The lowest BCUT2D eigenvalue weighted by molar-refractivity contribution is -0.384.